The molecule has 246 valence electrons. The Labute approximate surface area is 276 Å². The summed E-state index contributed by atoms with van der Waals surface area (Å²) >= 11 is 6.45. The highest BCUT2D eigenvalue weighted by Crippen LogP contribution is 2.47. The molecule has 1 spiro atoms. The number of benzene rings is 2. The SMILES string of the molecule is C=C1C[C@@H](C(=O)OC)c2ccc3c(c2)N(C[C@@H]2CC[C@H]2[C@@H](OCC(=O)O)/C=C/CCN1C)C[C@@]1(CCCc2cc(Cl)ccc21)CO3. The van der Waals surface area contributed by atoms with E-state index in [0.717, 1.165) is 79.3 Å². The molecule has 5 atom stereocenters. The Morgan fingerprint density at radius 1 is 1.20 bits per heavy atom. The Morgan fingerprint density at radius 3 is 2.80 bits per heavy atom. The lowest BCUT2D eigenvalue weighted by atomic mass is 9.68. The molecular formula is C37H45ClN2O6. The van der Waals surface area contributed by atoms with Gasteiger partial charge in [0.05, 0.1) is 31.4 Å². The van der Waals surface area contributed by atoms with Crippen molar-refractivity contribution in [2.24, 2.45) is 11.8 Å². The molecule has 0 aromatic heterocycles. The van der Waals surface area contributed by atoms with Crippen LogP contribution in [0.4, 0.5) is 5.69 Å². The van der Waals surface area contributed by atoms with E-state index in [9.17, 15) is 14.7 Å². The molecule has 8 nitrogen and oxygen atoms in total. The third-order valence-corrected chi connectivity index (χ3v) is 10.9. The fourth-order valence-corrected chi connectivity index (χ4v) is 8.10. The van der Waals surface area contributed by atoms with Gasteiger partial charge in [-0.1, -0.05) is 42.5 Å². The minimum Gasteiger partial charge on any atom is -0.490 e. The van der Waals surface area contributed by atoms with Crippen LogP contribution in [0.25, 0.3) is 0 Å². The van der Waals surface area contributed by atoms with Crippen molar-refractivity contribution in [2.75, 3.05) is 51.9 Å². The number of aryl methyl sites for hydroxylation is 1. The van der Waals surface area contributed by atoms with Crippen LogP contribution >= 0.6 is 11.6 Å². The van der Waals surface area contributed by atoms with Gasteiger partial charge in [0.2, 0.25) is 0 Å². The molecule has 4 aliphatic rings. The zero-order valence-electron chi connectivity index (χ0n) is 26.9. The average molecular weight is 649 g/mol. The molecule has 6 rings (SSSR count). The number of aliphatic carboxylic acids is 1. The first-order valence-corrected chi connectivity index (χ1v) is 16.8. The van der Waals surface area contributed by atoms with E-state index in [1.165, 1.54) is 18.2 Å². The summed E-state index contributed by atoms with van der Waals surface area (Å²) in [6.07, 6.45) is 10.1. The van der Waals surface area contributed by atoms with E-state index >= 15 is 0 Å². The summed E-state index contributed by atoms with van der Waals surface area (Å²) in [5, 5.41) is 10.2. The molecule has 2 aromatic rings. The Balaban J connectivity index is 1.43. The molecule has 0 radical (unpaired) electrons. The molecule has 9 heteroatoms. The van der Waals surface area contributed by atoms with Gasteiger partial charge in [-0.25, -0.2) is 4.79 Å². The number of anilines is 1. The molecule has 1 N–H and O–H groups in total. The third kappa shape index (κ3) is 6.65. The van der Waals surface area contributed by atoms with Crippen molar-refractivity contribution in [2.45, 2.75) is 62.4 Å². The van der Waals surface area contributed by atoms with Crippen molar-refractivity contribution in [1.82, 2.24) is 4.90 Å². The molecule has 2 bridgehead atoms. The number of rotatable bonds is 4. The quantitative estimate of drug-likeness (QED) is 0.303. The Bertz CT molecular complexity index is 1510. The topological polar surface area (TPSA) is 88.5 Å². The van der Waals surface area contributed by atoms with Gasteiger partial charge in [-0.2, -0.15) is 0 Å². The molecule has 1 saturated carbocycles. The predicted molar refractivity (Wildman–Crippen MR) is 179 cm³/mol. The van der Waals surface area contributed by atoms with Crippen molar-refractivity contribution < 1.29 is 28.9 Å². The van der Waals surface area contributed by atoms with Gasteiger partial charge >= 0.3 is 11.9 Å². The number of hydrogen-bond acceptors (Lipinski definition) is 7. The zero-order valence-corrected chi connectivity index (χ0v) is 27.6. The maximum Gasteiger partial charge on any atom is 0.329 e. The van der Waals surface area contributed by atoms with Gasteiger partial charge < -0.3 is 29.1 Å². The molecule has 0 unspecified atom stereocenters. The number of carboxylic acid groups (broad SMARTS) is 1. The largest absolute Gasteiger partial charge is 0.490 e. The van der Waals surface area contributed by atoms with E-state index in [1.54, 1.807) is 0 Å². The number of allylic oxidation sites excluding steroid dienone is 1. The Kier molecular flexibility index (Phi) is 9.67. The van der Waals surface area contributed by atoms with Crippen molar-refractivity contribution in [3.8, 4) is 5.75 Å². The van der Waals surface area contributed by atoms with Crippen molar-refractivity contribution in [1.29, 1.82) is 0 Å². The van der Waals surface area contributed by atoms with Gasteiger partial charge in [-0.3, -0.25) is 4.79 Å². The first-order valence-electron chi connectivity index (χ1n) is 16.4. The minimum absolute atomic E-state index is 0.197. The van der Waals surface area contributed by atoms with Crippen molar-refractivity contribution >= 4 is 29.2 Å². The number of ether oxygens (including phenoxy) is 3. The number of carboxylic acids is 1. The number of esters is 1. The molecule has 0 saturated heterocycles. The number of carbonyl (C=O) groups is 2. The molecule has 2 aromatic carbocycles. The molecule has 46 heavy (non-hydrogen) atoms. The van der Waals surface area contributed by atoms with Crippen LogP contribution in [0.15, 0.2) is 60.8 Å². The maximum absolute atomic E-state index is 13.2. The predicted octanol–water partition coefficient (Wildman–Crippen LogP) is 6.36. The van der Waals surface area contributed by atoms with Crippen LogP contribution < -0.4 is 9.64 Å². The number of nitrogens with zero attached hydrogens (tertiary/aromatic N) is 2. The number of carbonyl (C=O) groups excluding carboxylic acids is 1. The Hall–Kier alpha value is -3.49. The van der Waals surface area contributed by atoms with Gasteiger partial charge in [-0.05, 0) is 91.3 Å². The smallest absolute Gasteiger partial charge is 0.329 e. The number of halogens is 1. The first-order chi connectivity index (χ1) is 22.2. The van der Waals surface area contributed by atoms with Crippen molar-refractivity contribution in [3.63, 3.8) is 0 Å². The summed E-state index contributed by atoms with van der Waals surface area (Å²) in [7, 11) is 3.42. The summed E-state index contributed by atoms with van der Waals surface area (Å²) in [6.45, 7) is 6.79. The summed E-state index contributed by atoms with van der Waals surface area (Å²) < 4.78 is 18.0. The molecule has 2 aliphatic carbocycles. The second-order valence-electron chi connectivity index (χ2n) is 13.5. The standard InChI is InChI=1S/C37H45ClN2O6/c1-24-17-30(36(43)44-3)25-10-14-34-32(19-25)40(22-37(23-46-34)15-6-7-26-18-28(38)11-13-31(26)37)20-27-9-12-29(27)33(45-21-35(41)42)8-4-5-16-39(24)2/h4,8,10-11,13-14,18-19,27,29-30,33H,1,5-7,9,12,15-17,20-23H2,2-3H3,(H,41,42)/b8-4+/t27-,29+,30+,33-,37-/m0/s1. The number of hydrogen-bond donors (Lipinski definition) is 1. The van der Waals surface area contributed by atoms with E-state index < -0.39 is 11.9 Å². The van der Waals surface area contributed by atoms with Gasteiger partial charge in [0.1, 0.15) is 12.4 Å². The van der Waals surface area contributed by atoms with E-state index in [1.807, 2.05) is 25.2 Å². The highest BCUT2D eigenvalue weighted by molar-refractivity contribution is 6.30. The van der Waals surface area contributed by atoms with Crippen LogP contribution in [0.3, 0.4) is 0 Å². The summed E-state index contributed by atoms with van der Waals surface area (Å²) in [4.78, 5) is 29.3. The lowest BCUT2D eigenvalue weighted by molar-refractivity contribution is -0.145. The van der Waals surface area contributed by atoms with E-state index in [-0.39, 0.29) is 30.0 Å². The summed E-state index contributed by atoms with van der Waals surface area (Å²) in [5.41, 5.74) is 5.04. The van der Waals surface area contributed by atoms with Crippen LogP contribution in [0.1, 0.15) is 61.1 Å². The third-order valence-electron chi connectivity index (χ3n) is 10.6. The van der Waals surface area contributed by atoms with E-state index in [4.69, 9.17) is 25.8 Å². The van der Waals surface area contributed by atoms with E-state index in [0.29, 0.717) is 25.5 Å². The van der Waals surface area contributed by atoms with Gasteiger partial charge in [-0.15, -0.1) is 0 Å². The van der Waals surface area contributed by atoms with Crippen molar-refractivity contribution in [3.05, 3.63) is 82.5 Å². The second-order valence-corrected chi connectivity index (χ2v) is 13.9. The maximum atomic E-state index is 13.2. The number of methoxy groups -OCH3 is 1. The molecule has 2 heterocycles. The van der Waals surface area contributed by atoms with Crippen LogP contribution in [0.2, 0.25) is 5.02 Å². The normalized spacial score (nSPS) is 28.6. The highest BCUT2D eigenvalue weighted by atomic mass is 35.5. The van der Waals surface area contributed by atoms with E-state index in [2.05, 4.69) is 46.7 Å². The lowest BCUT2D eigenvalue weighted by Crippen LogP contribution is -2.49. The van der Waals surface area contributed by atoms with Crippen LogP contribution in [0, 0.1) is 11.8 Å². The van der Waals surface area contributed by atoms with Gasteiger partial charge in [0, 0.05) is 49.2 Å². The van der Waals surface area contributed by atoms with Crippen LogP contribution in [-0.4, -0.2) is 75.1 Å². The van der Waals surface area contributed by atoms with Crippen LogP contribution in [0.5, 0.6) is 5.75 Å². The summed E-state index contributed by atoms with van der Waals surface area (Å²) in [5.74, 6) is -0.453. The Morgan fingerprint density at radius 2 is 2.04 bits per heavy atom. The lowest BCUT2D eigenvalue weighted by Gasteiger charge is -2.46. The fourth-order valence-electron chi connectivity index (χ4n) is 7.90. The molecule has 2 aliphatic heterocycles. The fraction of sp³-hybridized carbons (Fsp3) is 0.514. The second kappa shape index (κ2) is 13.7. The monoisotopic (exact) mass is 648 g/mol. The van der Waals surface area contributed by atoms with Gasteiger partial charge in [0.25, 0.3) is 0 Å². The average Bonchev–Trinajstić information content (AvgIpc) is 3.18. The summed E-state index contributed by atoms with van der Waals surface area (Å²) in [6, 6.07) is 12.4. The molecule has 0 amide bonds. The van der Waals surface area contributed by atoms with Gasteiger partial charge in [0.15, 0.2) is 0 Å². The molecule has 1 fully saturated rings. The zero-order chi connectivity index (χ0) is 32.4. The van der Waals surface area contributed by atoms with Crippen LogP contribution in [-0.2, 0) is 30.9 Å². The minimum atomic E-state index is -0.961. The highest BCUT2D eigenvalue weighted by Gasteiger charge is 2.44. The molecular weight excluding hydrogens is 604 g/mol. The number of fused-ring (bicyclic) bond motifs is 4. The first kappa shape index (κ1) is 32.5.